The van der Waals surface area contributed by atoms with Crippen LogP contribution in [0.25, 0.3) is 10.9 Å². The van der Waals surface area contributed by atoms with E-state index in [0.29, 0.717) is 23.8 Å². The minimum Gasteiger partial charge on any atom is -0.503 e. The second-order valence-electron chi connectivity index (χ2n) is 9.27. The lowest BCUT2D eigenvalue weighted by Gasteiger charge is -2.27. The summed E-state index contributed by atoms with van der Waals surface area (Å²) in [6.45, 7) is 4.58. The molecule has 184 valence electrons. The first-order chi connectivity index (χ1) is 17.4. The predicted molar refractivity (Wildman–Crippen MR) is 142 cm³/mol. The Balaban J connectivity index is 1.50. The van der Waals surface area contributed by atoms with Crippen LogP contribution in [0.1, 0.15) is 52.2 Å². The van der Waals surface area contributed by atoms with Crippen LogP contribution in [0.5, 0.6) is 5.75 Å². The molecule has 1 amide bonds. The summed E-state index contributed by atoms with van der Waals surface area (Å²) in [4.78, 5) is 32.1. The molecule has 0 bridgehead atoms. The Morgan fingerprint density at radius 1 is 1.17 bits per heavy atom. The van der Waals surface area contributed by atoms with Gasteiger partial charge in [-0.1, -0.05) is 44.2 Å². The molecule has 1 aliphatic heterocycles. The van der Waals surface area contributed by atoms with Crippen LogP contribution in [-0.4, -0.2) is 40.3 Å². The Kier molecular flexibility index (Phi) is 6.41. The zero-order chi connectivity index (χ0) is 25.4. The summed E-state index contributed by atoms with van der Waals surface area (Å²) >= 11 is 1.30. The van der Waals surface area contributed by atoms with E-state index in [1.807, 2.05) is 54.0 Å². The van der Waals surface area contributed by atoms with Crippen molar-refractivity contribution >= 4 is 33.9 Å². The largest absolute Gasteiger partial charge is 0.503 e. The summed E-state index contributed by atoms with van der Waals surface area (Å²) < 4.78 is 5.38. The van der Waals surface area contributed by atoms with Crippen molar-refractivity contribution in [3.05, 3.63) is 99.1 Å². The topological polar surface area (TPSA) is 82.6 Å². The Hall–Kier alpha value is -3.84. The molecular formula is C29H28N2O4S. The van der Waals surface area contributed by atoms with E-state index < -0.39 is 17.7 Å². The first-order valence-electron chi connectivity index (χ1n) is 11.9. The molecule has 5 rings (SSSR count). The smallest absolute Gasteiger partial charge is 0.290 e. The van der Waals surface area contributed by atoms with Gasteiger partial charge in [-0.3, -0.25) is 9.59 Å². The Bertz CT molecular complexity index is 1450. The maximum atomic E-state index is 13.4. The number of aliphatic hydroxyl groups is 1. The predicted octanol–water partition coefficient (Wildman–Crippen LogP) is 6.18. The van der Waals surface area contributed by atoms with Gasteiger partial charge in [0.05, 0.1) is 23.6 Å². The molecule has 7 heteroatoms. The molecule has 0 aliphatic carbocycles. The van der Waals surface area contributed by atoms with Crippen molar-refractivity contribution in [2.24, 2.45) is 0 Å². The Labute approximate surface area is 213 Å². The quantitative estimate of drug-likeness (QED) is 0.283. The average molecular weight is 501 g/mol. The summed E-state index contributed by atoms with van der Waals surface area (Å²) in [5, 5.41) is 13.8. The molecule has 4 aromatic rings. The summed E-state index contributed by atoms with van der Waals surface area (Å²) in [6, 6.07) is 16.6. The number of carbonyl (C=O) groups is 2. The molecule has 3 heterocycles. The molecule has 36 heavy (non-hydrogen) atoms. The van der Waals surface area contributed by atoms with Gasteiger partial charge < -0.3 is 19.7 Å². The highest BCUT2D eigenvalue weighted by Crippen LogP contribution is 2.40. The van der Waals surface area contributed by atoms with Crippen LogP contribution in [0.4, 0.5) is 0 Å². The van der Waals surface area contributed by atoms with Crippen molar-refractivity contribution in [3.63, 3.8) is 0 Å². The summed E-state index contributed by atoms with van der Waals surface area (Å²) in [7, 11) is 1.63. The van der Waals surface area contributed by atoms with Crippen LogP contribution in [0.15, 0.2) is 77.5 Å². The van der Waals surface area contributed by atoms with Gasteiger partial charge in [-0.25, -0.2) is 0 Å². The van der Waals surface area contributed by atoms with Gasteiger partial charge in [0.1, 0.15) is 5.75 Å². The van der Waals surface area contributed by atoms with Gasteiger partial charge in [0.25, 0.3) is 5.91 Å². The fraction of sp³-hybridized carbons (Fsp3) is 0.241. The number of hydrogen-bond donors (Lipinski definition) is 2. The lowest BCUT2D eigenvalue weighted by molar-refractivity contribution is -0.129. The third kappa shape index (κ3) is 4.20. The first-order valence-corrected chi connectivity index (χ1v) is 12.8. The molecule has 0 fully saturated rings. The van der Waals surface area contributed by atoms with Gasteiger partial charge in [0, 0.05) is 23.6 Å². The number of fused-ring (bicyclic) bond motifs is 1. The number of aromatic amines is 1. The summed E-state index contributed by atoms with van der Waals surface area (Å²) in [6.07, 6.45) is 2.48. The van der Waals surface area contributed by atoms with E-state index in [0.717, 1.165) is 27.8 Å². The molecule has 6 nitrogen and oxygen atoms in total. The van der Waals surface area contributed by atoms with E-state index >= 15 is 0 Å². The second-order valence-corrected chi connectivity index (χ2v) is 10.2. The van der Waals surface area contributed by atoms with E-state index in [1.54, 1.807) is 24.1 Å². The molecule has 0 saturated heterocycles. The number of ketones is 1. The number of thiophene rings is 1. The molecule has 1 atom stereocenters. The van der Waals surface area contributed by atoms with Crippen molar-refractivity contribution in [2.75, 3.05) is 13.7 Å². The number of amides is 1. The fourth-order valence-corrected chi connectivity index (χ4v) is 5.48. The Morgan fingerprint density at radius 3 is 2.61 bits per heavy atom. The number of benzene rings is 2. The maximum Gasteiger partial charge on any atom is 0.290 e. The average Bonchev–Trinajstić information content (AvgIpc) is 3.62. The third-order valence-corrected chi connectivity index (χ3v) is 7.68. The zero-order valence-electron chi connectivity index (χ0n) is 20.4. The zero-order valence-corrected chi connectivity index (χ0v) is 21.3. The molecule has 2 aromatic carbocycles. The van der Waals surface area contributed by atoms with E-state index in [9.17, 15) is 14.7 Å². The number of rotatable bonds is 8. The van der Waals surface area contributed by atoms with Crippen molar-refractivity contribution in [3.8, 4) is 5.75 Å². The number of aromatic nitrogens is 1. The third-order valence-electron chi connectivity index (χ3n) is 6.81. The number of carbonyl (C=O) groups excluding carboxylic acids is 2. The number of aliphatic hydroxyl groups excluding tert-OH is 1. The van der Waals surface area contributed by atoms with E-state index in [1.165, 1.54) is 16.9 Å². The van der Waals surface area contributed by atoms with Crippen molar-refractivity contribution in [2.45, 2.75) is 32.2 Å². The molecule has 2 aromatic heterocycles. The van der Waals surface area contributed by atoms with Gasteiger partial charge in [0.15, 0.2) is 5.76 Å². The monoisotopic (exact) mass is 500 g/mol. The molecular weight excluding hydrogens is 472 g/mol. The number of nitrogens with zero attached hydrogens (tertiary/aromatic N) is 1. The number of methoxy groups -OCH3 is 1. The normalized spacial score (nSPS) is 15.9. The number of nitrogens with one attached hydrogen (secondary N) is 1. The summed E-state index contributed by atoms with van der Waals surface area (Å²) in [5.74, 6) is -0.187. The van der Waals surface area contributed by atoms with Crippen molar-refractivity contribution in [1.29, 1.82) is 0 Å². The van der Waals surface area contributed by atoms with E-state index in [-0.39, 0.29) is 11.4 Å². The standard InChI is InChI=1S/C29H28N2O4S/c1-17(2)18-6-8-19(9-7-18)26-25(27(32)24-5-4-14-36-24)28(33)29(34)31(26)13-12-20-16-30-23-11-10-21(35-3)15-22(20)23/h4-11,14-17,26,30,33H,12-13H2,1-3H3/t26-/m1/s1. The number of ether oxygens (including phenoxy) is 1. The summed E-state index contributed by atoms with van der Waals surface area (Å²) in [5.41, 5.74) is 4.12. The highest BCUT2D eigenvalue weighted by Gasteiger charge is 2.43. The van der Waals surface area contributed by atoms with Crippen LogP contribution < -0.4 is 4.74 Å². The fourth-order valence-electron chi connectivity index (χ4n) is 4.80. The van der Waals surface area contributed by atoms with Crippen molar-refractivity contribution in [1.82, 2.24) is 9.88 Å². The first kappa shape index (κ1) is 23.9. The van der Waals surface area contributed by atoms with Crippen LogP contribution in [-0.2, 0) is 11.2 Å². The lowest BCUT2D eigenvalue weighted by Crippen LogP contribution is -2.33. The molecule has 0 unspecified atom stereocenters. The van der Waals surface area contributed by atoms with Crippen LogP contribution >= 0.6 is 11.3 Å². The highest BCUT2D eigenvalue weighted by atomic mass is 32.1. The molecule has 0 spiro atoms. The van der Waals surface area contributed by atoms with Gasteiger partial charge in [-0.05, 0) is 58.7 Å². The number of hydrogen-bond acceptors (Lipinski definition) is 5. The second kappa shape index (κ2) is 9.66. The Morgan fingerprint density at radius 2 is 1.94 bits per heavy atom. The van der Waals surface area contributed by atoms with Gasteiger partial charge >= 0.3 is 0 Å². The minimum atomic E-state index is -0.659. The highest BCUT2D eigenvalue weighted by molar-refractivity contribution is 7.12. The van der Waals surface area contributed by atoms with E-state index in [2.05, 4.69) is 18.8 Å². The van der Waals surface area contributed by atoms with Crippen LogP contribution in [0.2, 0.25) is 0 Å². The lowest BCUT2D eigenvalue weighted by atomic mass is 9.93. The van der Waals surface area contributed by atoms with Gasteiger partial charge in [-0.15, -0.1) is 11.3 Å². The van der Waals surface area contributed by atoms with Crippen molar-refractivity contribution < 1.29 is 19.4 Å². The minimum absolute atomic E-state index is 0.139. The molecule has 1 aliphatic rings. The van der Waals surface area contributed by atoms with Gasteiger partial charge in [-0.2, -0.15) is 0 Å². The maximum absolute atomic E-state index is 13.4. The van der Waals surface area contributed by atoms with Crippen LogP contribution in [0, 0.1) is 0 Å². The molecule has 0 radical (unpaired) electrons. The molecule has 2 N–H and O–H groups in total. The van der Waals surface area contributed by atoms with Gasteiger partial charge in [0.2, 0.25) is 5.78 Å². The SMILES string of the molecule is COc1ccc2[nH]cc(CCN3C(=O)C(O)=C(C(=O)c4cccs4)[C@H]3c3ccc(C(C)C)cc3)c2c1. The number of H-pyrrole nitrogens is 1. The molecule has 0 saturated carbocycles. The number of Topliss-reactive ketones (excluding diaryl/α,β-unsaturated/α-hetero) is 1. The van der Waals surface area contributed by atoms with Crippen LogP contribution in [0.3, 0.4) is 0 Å². The van der Waals surface area contributed by atoms with E-state index in [4.69, 9.17) is 4.74 Å².